The summed E-state index contributed by atoms with van der Waals surface area (Å²) in [5.41, 5.74) is 2.23. The number of aromatic nitrogens is 1. The first kappa shape index (κ1) is 14.5. The van der Waals surface area contributed by atoms with Gasteiger partial charge in [-0.15, -0.1) is 0 Å². The van der Waals surface area contributed by atoms with Crippen LogP contribution in [0.1, 0.15) is 5.56 Å². The van der Waals surface area contributed by atoms with Crippen molar-refractivity contribution < 1.29 is 4.39 Å². The van der Waals surface area contributed by atoms with Crippen LogP contribution in [-0.2, 0) is 6.54 Å². The molecule has 110 valence electrons. The number of halogens is 2. The number of nitrogens with zero attached hydrogens (tertiary/aromatic N) is 3. The summed E-state index contributed by atoms with van der Waals surface area (Å²) in [6, 6.07) is 11.8. The zero-order chi connectivity index (χ0) is 14.7. The summed E-state index contributed by atoms with van der Waals surface area (Å²) in [4.78, 5) is 8.24. The zero-order valence-corrected chi connectivity index (χ0v) is 13.3. The molecule has 21 heavy (non-hydrogen) atoms. The fourth-order valence-corrected chi connectivity index (χ4v) is 3.09. The Balaban J connectivity index is 1.58. The van der Waals surface area contributed by atoms with Gasteiger partial charge in [0.2, 0.25) is 5.95 Å². The lowest BCUT2D eigenvalue weighted by Gasteiger charge is -2.36. The van der Waals surface area contributed by atoms with Gasteiger partial charge in [0.1, 0.15) is 0 Å². The second-order valence-electron chi connectivity index (χ2n) is 5.23. The van der Waals surface area contributed by atoms with Gasteiger partial charge in [-0.05, 0) is 23.8 Å². The van der Waals surface area contributed by atoms with E-state index in [9.17, 15) is 4.39 Å². The molecular weight excluding hydrogens is 333 g/mol. The molecule has 0 bridgehead atoms. The monoisotopic (exact) mass is 349 g/mol. The summed E-state index contributed by atoms with van der Waals surface area (Å²) in [6.45, 7) is 4.75. The molecule has 0 aliphatic carbocycles. The smallest absolute Gasteiger partial charge is 0.214 e. The predicted octanol–water partition coefficient (Wildman–Crippen LogP) is 3.31. The van der Waals surface area contributed by atoms with E-state index >= 15 is 0 Å². The minimum atomic E-state index is -0.413. The third-order valence-electron chi connectivity index (χ3n) is 3.74. The Hall–Kier alpha value is -1.46. The fraction of sp³-hybridized carbons (Fsp3) is 0.312. The first-order chi connectivity index (χ1) is 10.2. The van der Waals surface area contributed by atoms with Gasteiger partial charge in [-0.1, -0.05) is 28.1 Å². The van der Waals surface area contributed by atoms with Crippen molar-refractivity contribution in [2.45, 2.75) is 6.54 Å². The highest BCUT2D eigenvalue weighted by Crippen LogP contribution is 2.18. The number of rotatable bonds is 3. The minimum Gasteiger partial charge on any atom is -0.369 e. The van der Waals surface area contributed by atoms with E-state index < -0.39 is 5.95 Å². The van der Waals surface area contributed by atoms with E-state index in [4.69, 9.17) is 0 Å². The van der Waals surface area contributed by atoms with Crippen molar-refractivity contribution in [3.8, 4) is 0 Å². The summed E-state index contributed by atoms with van der Waals surface area (Å²) in [5, 5.41) is 0. The number of benzene rings is 1. The minimum absolute atomic E-state index is 0.413. The first-order valence-corrected chi connectivity index (χ1v) is 7.83. The molecule has 0 radical (unpaired) electrons. The second kappa shape index (κ2) is 6.54. The predicted molar refractivity (Wildman–Crippen MR) is 85.8 cm³/mol. The quantitative estimate of drug-likeness (QED) is 0.792. The maximum atomic E-state index is 13.2. The van der Waals surface area contributed by atoms with Crippen LogP contribution in [0.2, 0.25) is 0 Å². The van der Waals surface area contributed by atoms with E-state index in [1.54, 1.807) is 0 Å². The topological polar surface area (TPSA) is 19.4 Å². The van der Waals surface area contributed by atoms with Gasteiger partial charge in [-0.25, -0.2) is 4.98 Å². The van der Waals surface area contributed by atoms with Crippen molar-refractivity contribution in [2.24, 2.45) is 0 Å². The van der Waals surface area contributed by atoms with Gasteiger partial charge in [0.05, 0.1) is 0 Å². The molecule has 1 aromatic heterocycles. The molecule has 5 heteroatoms. The Morgan fingerprint density at radius 1 is 1.10 bits per heavy atom. The first-order valence-electron chi connectivity index (χ1n) is 7.04. The highest BCUT2D eigenvalue weighted by atomic mass is 79.9. The van der Waals surface area contributed by atoms with Crippen molar-refractivity contribution in [3.63, 3.8) is 0 Å². The van der Waals surface area contributed by atoms with Crippen LogP contribution < -0.4 is 4.90 Å². The summed E-state index contributed by atoms with van der Waals surface area (Å²) in [6.07, 6.45) is 1.53. The van der Waals surface area contributed by atoms with E-state index in [1.807, 2.05) is 12.1 Å². The number of piperazine rings is 1. The van der Waals surface area contributed by atoms with Gasteiger partial charge < -0.3 is 4.90 Å². The molecule has 1 fully saturated rings. The molecule has 0 saturated carbocycles. The molecule has 3 rings (SSSR count). The molecule has 3 nitrogen and oxygen atoms in total. The molecule has 0 amide bonds. The lowest BCUT2D eigenvalue weighted by molar-refractivity contribution is 0.250. The number of hydrogen-bond donors (Lipinski definition) is 0. The van der Waals surface area contributed by atoms with Crippen molar-refractivity contribution in [2.75, 3.05) is 31.1 Å². The summed E-state index contributed by atoms with van der Waals surface area (Å²) in [7, 11) is 0. The van der Waals surface area contributed by atoms with E-state index in [1.165, 1.54) is 17.8 Å². The van der Waals surface area contributed by atoms with Gasteiger partial charge in [-0.2, -0.15) is 4.39 Å². The summed E-state index contributed by atoms with van der Waals surface area (Å²) < 4.78 is 14.3. The number of anilines is 1. The van der Waals surface area contributed by atoms with Crippen LogP contribution >= 0.6 is 15.9 Å². The molecule has 1 aliphatic heterocycles. The second-order valence-corrected chi connectivity index (χ2v) is 6.15. The highest BCUT2D eigenvalue weighted by molar-refractivity contribution is 9.10. The number of hydrogen-bond acceptors (Lipinski definition) is 3. The maximum absolute atomic E-state index is 13.2. The molecule has 2 heterocycles. The van der Waals surface area contributed by atoms with Crippen molar-refractivity contribution >= 4 is 21.6 Å². The van der Waals surface area contributed by atoms with Gasteiger partial charge in [-0.3, -0.25) is 4.90 Å². The van der Waals surface area contributed by atoms with E-state index in [-0.39, 0.29) is 0 Å². The van der Waals surface area contributed by atoms with Gasteiger partial charge >= 0.3 is 0 Å². The van der Waals surface area contributed by atoms with Gasteiger partial charge in [0.15, 0.2) is 0 Å². The fourth-order valence-electron chi connectivity index (χ4n) is 2.65. The Kier molecular flexibility index (Phi) is 4.51. The van der Waals surface area contributed by atoms with Crippen LogP contribution in [0.25, 0.3) is 0 Å². The van der Waals surface area contributed by atoms with Gasteiger partial charge in [0, 0.05) is 55.1 Å². The van der Waals surface area contributed by atoms with E-state index in [2.05, 4.69) is 48.9 Å². The molecule has 1 saturated heterocycles. The van der Waals surface area contributed by atoms with E-state index in [0.29, 0.717) is 0 Å². The SMILES string of the molecule is Fc1cc(N2CCN(Cc3cccc(Br)c3)CC2)ccn1. The molecule has 0 N–H and O–H groups in total. The van der Waals surface area contributed by atoms with Crippen LogP contribution in [0.5, 0.6) is 0 Å². The lowest BCUT2D eigenvalue weighted by atomic mass is 10.2. The third-order valence-corrected chi connectivity index (χ3v) is 4.24. The molecule has 1 aliphatic rings. The largest absolute Gasteiger partial charge is 0.369 e. The van der Waals surface area contributed by atoms with Crippen LogP contribution in [0.3, 0.4) is 0 Å². The molecule has 1 aromatic carbocycles. The van der Waals surface area contributed by atoms with Crippen LogP contribution in [0, 0.1) is 5.95 Å². The molecular formula is C16H17BrFN3. The average molecular weight is 350 g/mol. The highest BCUT2D eigenvalue weighted by Gasteiger charge is 2.17. The maximum Gasteiger partial charge on any atom is 0.214 e. The van der Waals surface area contributed by atoms with Crippen molar-refractivity contribution in [3.05, 3.63) is 58.6 Å². The van der Waals surface area contributed by atoms with Crippen LogP contribution in [0.15, 0.2) is 47.1 Å². The zero-order valence-electron chi connectivity index (χ0n) is 11.7. The van der Waals surface area contributed by atoms with Crippen LogP contribution in [0.4, 0.5) is 10.1 Å². The summed E-state index contributed by atoms with van der Waals surface area (Å²) in [5.74, 6) is -0.413. The third kappa shape index (κ3) is 3.80. The Morgan fingerprint density at radius 3 is 2.62 bits per heavy atom. The Morgan fingerprint density at radius 2 is 1.90 bits per heavy atom. The van der Waals surface area contributed by atoms with Gasteiger partial charge in [0.25, 0.3) is 0 Å². The Bertz CT molecular complexity index is 612. The molecule has 0 unspecified atom stereocenters. The standard InChI is InChI=1S/C16H17BrFN3/c17-14-3-1-2-13(10-14)12-20-6-8-21(9-7-20)15-4-5-19-16(18)11-15/h1-5,10-11H,6-9,12H2. The average Bonchev–Trinajstić information content (AvgIpc) is 2.48. The lowest BCUT2D eigenvalue weighted by Crippen LogP contribution is -2.46. The van der Waals surface area contributed by atoms with Crippen molar-refractivity contribution in [1.82, 2.24) is 9.88 Å². The van der Waals surface area contributed by atoms with Crippen LogP contribution in [-0.4, -0.2) is 36.1 Å². The molecule has 2 aromatic rings. The normalized spacial score (nSPS) is 16.2. The summed E-state index contributed by atoms with van der Waals surface area (Å²) >= 11 is 3.51. The van der Waals surface area contributed by atoms with Crippen molar-refractivity contribution in [1.29, 1.82) is 0 Å². The molecule has 0 atom stereocenters. The Labute approximate surface area is 132 Å². The molecule has 0 spiro atoms. The number of pyridine rings is 1. The van der Waals surface area contributed by atoms with E-state index in [0.717, 1.165) is 42.9 Å².